The van der Waals surface area contributed by atoms with Gasteiger partial charge < -0.3 is 14.6 Å². The fourth-order valence-electron chi connectivity index (χ4n) is 4.65. The number of likely N-dealkylation sites (N-methyl/N-ethyl adjacent to an activating group) is 1. The summed E-state index contributed by atoms with van der Waals surface area (Å²) >= 11 is 0. The SMILES string of the molecule is CN1C(=O)C2c3c(n(Cc4ccc(C(=O)CO)cc4)c4ccccc34)CCN2C1=O. The first-order valence-corrected chi connectivity index (χ1v) is 9.92. The molecule has 0 bridgehead atoms. The molecular weight excluding hydrogens is 382 g/mol. The van der Waals surface area contributed by atoms with E-state index in [4.69, 9.17) is 5.11 Å². The van der Waals surface area contributed by atoms with Gasteiger partial charge in [0.15, 0.2) is 5.78 Å². The molecule has 30 heavy (non-hydrogen) atoms. The summed E-state index contributed by atoms with van der Waals surface area (Å²) in [7, 11) is 1.54. The average Bonchev–Trinajstić information content (AvgIpc) is 3.21. The number of urea groups is 1. The molecule has 2 aliphatic heterocycles. The van der Waals surface area contributed by atoms with Gasteiger partial charge in [0.25, 0.3) is 5.91 Å². The number of aliphatic hydroxyl groups excluding tert-OH is 1. The number of aromatic nitrogens is 1. The van der Waals surface area contributed by atoms with Crippen molar-refractivity contribution in [3.8, 4) is 0 Å². The second-order valence-electron chi connectivity index (χ2n) is 7.77. The van der Waals surface area contributed by atoms with Crippen LogP contribution in [0.15, 0.2) is 48.5 Å². The second-order valence-corrected chi connectivity index (χ2v) is 7.77. The van der Waals surface area contributed by atoms with Crippen LogP contribution >= 0.6 is 0 Å². The third-order valence-corrected chi connectivity index (χ3v) is 6.15. The first-order valence-electron chi connectivity index (χ1n) is 9.92. The summed E-state index contributed by atoms with van der Waals surface area (Å²) in [6.45, 7) is 0.592. The van der Waals surface area contributed by atoms with Gasteiger partial charge in [0.05, 0.1) is 0 Å². The molecule has 1 unspecified atom stereocenters. The highest BCUT2D eigenvalue weighted by Gasteiger charge is 2.48. The summed E-state index contributed by atoms with van der Waals surface area (Å²) in [5, 5.41) is 10.0. The fraction of sp³-hybridized carbons (Fsp3) is 0.261. The van der Waals surface area contributed by atoms with E-state index in [-0.39, 0.29) is 17.7 Å². The van der Waals surface area contributed by atoms with Crippen molar-refractivity contribution >= 4 is 28.6 Å². The Labute approximate surface area is 173 Å². The van der Waals surface area contributed by atoms with Crippen LogP contribution in [0.4, 0.5) is 4.79 Å². The maximum Gasteiger partial charge on any atom is 0.327 e. The summed E-state index contributed by atoms with van der Waals surface area (Å²) in [6, 6.07) is 14.4. The molecule has 2 aromatic carbocycles. The Morgan fingerprint density at radius 3 is 2.57 bits per heavy atom. The van der Waals surface area contributed by atoms with Crippen LogP contribution < -0.4 is 0 Å². The van der Waals surface area contributed by atoms with Gasteiger partial charge in [-0.05, 0) is 11.6 Å². The van der Waals surface area contributed by atoms with Crippen LogP contribution in [0.3, 0.4) is 0 Å². The lowest BCUT2D eigenvalue weighted by atomic mass is 9.96. The van der Waals surface area contributed by atoms with Crippen LogP contribution in [0.25, 0.3) is 10.9 Å². The van der Waals surface area contributed by atoms with Gasteiger partial charge in [-0.3, -0.25) is 14.5 Å². The second kappa shape index (κ2) is 6.81. The van der Waals surface area contributed by atoms with Crippen LogP contribution in [0.2, 0.25) is 0 Å². The lowest BCUT2D eigenvalue weighted by Crippen LogP contribution is -2.36. The molecule has 1 aromatic heterocycles. The first kappa shape index (κ1) is 18.6. The predicted molar refractivity (Wildman–Crippen MR) is 110 cm³/mol. The zero-order valence-electron chi connectivity index (χ0n) is 16.5. The van der Waals surface area contributed by atoms with Gasteiger partial charge in [-0.1, -0.05) is 42.5 Å². The van der Waals surface area contributed by atoms with Gasteiger partial charge >= 0.3 is 6.03 Å². The standard InChI is InChI=1S/C23H21N3O4/c1-24-22(29)21-20-16-4-2-3-5-17(16)26(18(20)10-11-25(21)23(24)30)12-14-6-8-15(9-7-14)19(28)13-27/h2-9,21,27H,10-13H2,1H3. The number of hydrogen-bond acceptors (Lipinski definition) is 4. The fourth-order valence-corrected chi connectivity index (χ4v) is 4.65. The molecule has 0 aliphatic carbocycles. The average molecular weight is 403 g/mol. The Morgan fingerprint density at radius 2 is 1.83 bits per heavy atom. The Balaban J connectivity index is 1.61. The number of aliphatic hydroxyl groups is 1. The number of fused-ring (bicyclic) bond motifs is 5. The van der Waals surface area contributed by atoms with E-state index in [2.05, 4.69) is 4.57 Å². The van der Waals surface area contributed by atoms with Gasteiger partial charge in [-0.15, -0.1) is 0 Å². The topological polar surface area (TPSA) is 82.8 Å². The maximum atomic E-state index is 12.9. The molecule has 1 fully saturated rings. The number of carbonyl (C=O) groups excluding carboxylic acids is 3. The highest BCUT2D eigenvalue weighted by atomic mass is 16.3. The largest absolute Gasteiger partial charge is 0.388 e. The van der Waals surface area contributed by atoms with Gasteiger partial charge in [0, 0.05) is 54.3 Å². The minimum Gasteiger partial charge on any atom is -0.388 e. The monoisotopic (exact) mass is 403 g/mol. The highest BCUT2D eigenvalue weighted by Crippen LogP contribution is 2.42. The molecule has 1 saturated heterocycles. The van der Waals surface area contributed by atoms with Gasteiger partial charge in [0.1, 0.15) is 12.6 Å². The molecule has 0 spiro atoms. The van der Waals surface area contributed by atoms with Crippen molar-refractivity contribution in [1.29, 1.82) is 0 Å². The number of carbonyl (C=O) groups is 3. The Hall–Kier alpha value is -3.45. The molecule has 3 aromatic rings. The zero-order chi connectivity index (χ0) is 21.0. The number of Topliss-reactive ketones (excluding diaryl/α,β-unsaturated/α-hetero) is 1. The number of para-hydroxylation sites is 1. The molecule has 7 heteroatoms. The molecule has 7 nitrogen and oxygen atoms in total. The summed E-state index contributed by atoms with van der Waals surface area (Å²) in [5.74, 6) is -0.491. The van der Waals surface area contributed by atoms with Crippen molar-refractivity contribution in [3.05, 3.63) is 70.9 Å². The number of benzene rings is 2. The molecule has 1 N–H and O–H groups in total. The summed E-state index contributed by atoms with van der Waals surface area (Å²) in [5.41, 5.74) is 4.52. The van der Waals surface area contributed by atoms with E-state index in [0.717, 1.165) is 27.7 Å². The molecule has 152 valence electrons. The Bertz CT molecular complexity index is 1200. The normalized spacial score (nSPS) is 18.1. The lowest BCUT2D eigenvalue weighted by molar-refractivity contribution is -0.127. The number of amides is 3. The molecule has 1 atom stereocenters. The summed E-state index contributed by atoms with van der Waals surface area (Å²) < 4.78 is 2.21. The van der Waals surface area contributed by atoms with Crippen molar-refractivity contribution in [3.63, 3.8) is 0 Å². The molecule has 2 aliphatic rings. The smallest absolute Gasteiger partial charge is 0.327 e. The van der Waals surface area contributed by atoms with Gasteiger partial charge in [0.2, 0.25) is 0 Å². The van der Waals surface area contributed by atoms with E-state index in [9.17, 15) is 14.4 Å². The minimum atomic E-state index is -0.568. The van der Waals surface area contributed by atoms with Crippen LogP contribution in [0.5, 0.6) is 0 Å². The number of hydrogen-bond donors (Lipinski definition) is 1. The van der Waals surface area contributed by atoms with Gasteiger partial charge in [-0.2, -0.15) is 0 Å². The van der Waals surface area contributed by atoms with E-state index in [1.165, 1.54) is 11.9 Å². The molecule has 5 rings (SSSR count). The van der Waals surface area contributed by atoms with Crippen molar-refractivity contribution in [1.82, 2.24) is 14.4 Å². The minimum absolute atomic E-state index is 0.185. The summed E-state index contributed by atoms with van der Waals surface area (Å²) in [6.07, 6.45) is 0.675. The summed E-state index contributed by atoms with van der Waals surface area (Å²) in [4.78, 5) is 39.9. The van der Waals surface area contributed by atoms with Crippen LogP contribution in [0, 0.1) is 0 Å². The Kier molecular flexibility index (Phi) is 4.22. The van der Waals surface area contributed by atoms with Gasteiger partial charge in [-0.25, -0.2) is 4.79 Å². The van der Waals surface area contributed by atoms with Crippen molar-refractivity contribution in [2.45, 2.75) is 19.0 Å². The van der Waals surface area contributed by atoms with E-state index in [1.54, 1.807) is 17.0 Å². The van der Waals surface area contributed by atoms with Crippen LogP contribution in [0.1, 0.15) is 33.2 Å². The number of ketones is 1. The number of imide groups is 1. The molecule has 3 amide bonds. The molecule has 0 saturated carbocycles. The Morgan fingerprint density at radius 1 is 1.10 bits per heavy atom. The first-order chi connectivity index (χ1) is 14.5. The number of rotatable bonds is 4. The third kappa shape index (κ3) is 2.59. The van der Waals surface area contributed by atoms with Crippen molar-refractivity contribution < 1.29 is 19.5 Å². The van der Waals surface area contributed by atoms with Crippen LogP contribution in [-0.2, 0) is 17.8 Å². The predicted octanol–water partition coefficient (Wildman–Crippen LogP) is 2.36. The number of nitrogens with zero attached hydrogens (tertiary/aromatic N) is 3. The maximum absolute atomic E-state index is 12.9. The van der Waals surface area contributed by atoms with Crippen molar-refractivity contribution in [2.75, 3.05) is 20.2 Å². The van der Waals surface area contributed by atoms with E-state index >= 15 is 0 Å². The molecular formula is C23H21N3O4. The van der Waals surface area contributed by atoms with E-state index in [0.29, 0.717) is 25.1 Å². The van der Waals surface area contributed by atoms with E-state index < -0.39 is 12.6 Å². The zero-order valence-corrected chi connectivity index (χ0v) is 16.5. The quantitative estimate of drug-likeness (QED) is 0.536. The highest BCUT2D eigenvalue weighted by molar-refractivity contribution is 6.07. The third-order valence-electron chi connectivity index (χ3n) is 6.15. The van der Waals surface area contributed by atoms with Crippen LogP contribution in [-0.4, -0.2) is 57.4 Å². The molecule has 0 radical (unpaired) electrons. The molecule has 3 heterocycles. The van der Waals surface area contributed by atoms with Crippen molar-refractivity contribution in [2.24, 2.45) is 0 Å². The van der Waals surface area contributed by atoms with E-state index in [1.807, 2.05) is 36.4 Å². The lowest BCUT2D eigenvalue weighted by Gasteiger charge is -2.28.